The van der Waals surface area contributed by atoms with Gasteiger partial charge in [-0.1, -0.05) is 25.3 Å². The Morgan fingerprint density at radius 2 is 1.78 bits per heavy atom. The Morgan fingerprint density at radius 1 is 1.05 bits per heavy atom. The number of thiocarbonyl (C=S) groups is 1. The van der Waals surface area contributed by atoms with Crippen molar-refractivity contribution in [3.63, 3.8) is 0 Å². The molecule has 224 valence electrons. The number of anilines is 2. The van der Waals surface area contributed by atoms with Gasteiger partial charge in [-0.05, 0) is 70.1 Å². The molecule has 3 aliphatic rings. The van der Waals surface area contributed by atoms with Crippen LogP contribution in [-0.4, -0.2) is 98.1 Å². The minimum Gasteiger partial charge on any atom is -0.467 e. The van der Waals surface area contributed by atoms with Gasteiger partial charge in [0.05, 0.1) is 19.9 Å². The van der Waals surface area contributed by atoms with Gasteiger partial charge in [-0.3, -0.25) is 9.89 Å². The molecule has 0 radical (unpaired) electrons. The van der Waals surface area contributed by atoms with Crippen LogP contribution < -0.4 is 15.5 Å². The van der Waals surface area contributed by atoms with Gasteiger partial charge in [0.2, 0.25) is 0 Å². The SMILES string of the molecule is COC(=O)C1=C(C)N=C(C)C(C(=O)OC)N1c1cccc(NC(=S)NCCCN2CCN(C3CCCCC3)CC2)c1. The number of aliphatic imine (C=N–C) groups is 1. The maximum Gasteiger partial charge on any atom is 0.356 e. The summed E-state index contributed by atoms with van der Waals surface area (Å²) in [5.74, 6) is -1.11. The molecule has 4 rings (SSSR count). The first kappa shape index (κ1) is 30.9. The standard InChI is InChI=1S/C30H44N6O4S/c1-21-26(28(37)39-3)36(27(22(2)32-21)29(38)40-4)25-13-8-10-23(20-25)33-30(41)31-14-9-15-34-16-18-35(19-17-34)24-11-6-5-7-12-24/h8,10,13,20,24,26H,5-7,9,11-12,14-19H2,1-4H3,(H2,31,33,41). The number of allylic oxidation sites excluding steroid dienone is 1. The highest BCUT2D eigenvalue weighted by molar-refractivity contribution is 7.80. The lowest BCUT2D eigenvalue weighted by molar-refractivity contribution is -0.140. The predicted octanol–water partition coefficient (Wildman–Crippen LogP) is 3.54. The molecule has 0 aromatic heterocycles. The summed E-state index contributed by atoms with van der Waals surface area (Å²) < 4.78 is 10.1. The van der Waals surface area contributed by atoms with Gasteiger partial charge in [0.1, 0.15) is 0 Å². The number of piperazine rings is 1. The number of rotatable bonds is 9. The van der Waals surface area contributed by atoms with E-state index in [1.54, 1.807) is 18.7 Å². The first-order valence-electron chi connectivity index (χ1n) is 14.6. The fourth-order valence-electron chi connectivity index (χ4n) is 6.09. The Labute approximate surface area is 249 Å². The molecule has 1 aliphatic carbocycles. The quantitative estimate of drug-likeness (QED) is 0.255. The molecule has 1 atom stereocenters. The van der Waals surface area contributed by atoms with E-state index in [0.717, 1.165) is 44.3 Å². The molecular weight excluding hydrogens is 540 g/mol. The number of esters is 2. The van der Waals surface area contributed by atoms with Gasteiger partial charge in [-0.15, -0.1) is 0 Å². The molecule has 1 saturated heterocycles. The van der Waals surface area contributed by atoms with Crippen molar-refractivity contribution < 1.29 is 19.1 Å². The van der Waals surface area contributed by atoms with Gasteiger partial charge in [0.25, 0.3) is 0 Å². The topological polar surface area (TPSA) is 98.7 Å². The Hall–Kier alpha value is -3.02. The highest BCUT2D eigenvalue weighted by Gasteiger charge is 2.39. The second kappa shape index (κ2) is 14.7. The van der Waals surface area contributed by atoms with Crippen molar-refractivity contribution in [1.29, 1.82) is 0 Å². The van der Waals surface area contributed by atoms with Crippen LogP contribution in [0.1, 0.15) is 52.4 Å². The lowest BCUT2D eigenvalue weighted by Crippen LogP contribution is -2.51. The summed E-state index contributed by atoms with van der Waals surface area (Å²) in [4.78, 5) is 36.8. The number of benzene rings is 1. The normalized spacial score (nSPS) is 20.8. The molecule has 2 heterocycles. The second-order valence-electron chi connectivity index (χ2n) is 10.9. The number of hydrogen-bond acceptors (Lipinski definition) is 9. The number of hydrogen-bond donors (Lipinski definition) is 2. The van der Waals surface area contributed by atoms with E-state index in [1.165, 1.54) is 59.4 Å². The van der Waals surface area contributed by atoms with Crippen LogP contribution in [0.3, 0.4) is 0 Å². The molecule has 0 bridgehead atoms. The van der Waals surface area contributed by atoms with Crippen LogP contribution in [-0.2, 0) is 19.1 Å². The summed E-state index contributed by atoms with van der Waals surface area (Å²) in [6.07, 6.45) is 7.94. The summed E-state index contributed by atoms with van der Waals surface area (Å²) >= 11 is 5.57. The minimum absolute atomic E-state index is 0.186. The van der Waals surface area contributed by atoms with Crippen LogP contribution in [0.5, 0.6) is 0 Å². The van der Waals surface area contributed by atoms with E-state index in [9.17, 15) is 9.59 Å². The van der Waals surface area contributed by atoms with E-state index in [4.69, 9.17) is 21.7 Å². The number of nitrogens with zero attached hydrogens (tertiary/aromatic N) is 4. The molecule has 2 aliphatic heterocycles. The first-order valence-corrected chi connectivity index (χ1v) is 15.1. The van der Waals surface area contributed by atoms with Gasteiger partial charge in [-0.2, -0.15) is 0 Å². The zero-order valence-electron chi connectivity index (χ0n) is 24.8. The van der Waals surface area contributed by atoms with Crippen LogP contribution in [0.15, 0.2) is 40.7 Å². The summed E-state index contributed by atoms with van der Waals surface area (Å²) in [6, 6.07) is 7.29. The zero-order valence-corrected chi connectivity index (χ0v) is 25.6. The summed E-state index contributed by atoms with van der Waals surface area (Å²) in [6.45, 7) is 9.92. The fraction of sp³-hybridized carbons (Fsp3) is 0.600. The van der Waals surface area contributed by atoms with Crippen molar-refractivity contribution in [1.82, 2.24) is 15.1 Å². The Bertz CT molecular complexity index is 1160. The molecule has 1 saturated carbocycles. The molecule has 41 heavy (non-hydrogen) atoms. The van der Waals surface area contributed by atoms with E-state index in [0.29, 0.717) is 22.2 Å². The smallest absolute Gasteiger partial charge is 0.356 e. The average molecular weight is 585 g/mol. The fourth-order valence-corrected chi connectivity index (χ4v) is 6.31. The third kappa shape index (κ3) is 7.84. The molecule has 2 N–H and O–H groups in total. The van der Waals surface area contributed by atoms with Crippen molar-refractivity contribution in [2.24, 2.45) is 4.99 Å². The van der Waals surface area contributed by atoms with E-state index in [1.807, 2.05) is 24.3 Å². The van der Waals surface area contributed by atoms with Crippen molar-refractivity contribution in [2.45, 2.75) is 64.5 Å². The lowest BCUT2D eigenvalue weighted by atomic mass is 9.94. The first-order chi connectivity index (χ1) is 19.8. The van der Waals surface area contributed by atoms with Crippen molar-refractivity contribution in [3.05, 3.63) is 35.7 Å². The minimum atomic E-state index is -0.900. The lowest BCUT2D eigenvalue weighted by Gasteiger charge is -2.40. The number of nitrogens with one attached hydrogen (secondary N) is 2. The Balaban J connectivity index is 1.30. The molecule has 1 aromatic carbocycles. The molecule has 0 spiro atoms. The summed E-state index contributed by atoms with van der Waals surface area (Å²) in [5, 5.41) is 7.06. The van der Waals surface area contributed by atoms with Gasteiger partial charge < -0.3 is 29.9 Å². The molecule has 2 fully saturated rings. The third-order valence-corrected chi connectivity index (χ3v) is 8.45. The molecule has 1 aromatic rings. The Morgan fingerprint density at radius 3 is 2.46 bits per heavy atom. The van der Waals surface area contributed by atoms with Crippen molar-refractivity contribution in [2.75, 3.05) is 63.7 Å². The number of methoxy groups -OCH3 is 2. The van der Waals surface area contributed by atoms with Crippen molar-refractivity contribution >= 4 is 46.4 Å². The van der Waals surface area contributed by atoms with E-state index in [-0.39, 0.29) is 5.70 Å². The van der Waals surface area contributed by atoms with Gasteiger partial charge >= 0.3 is 11.9 Å². The zero-order chi connectivity index (χ0) is 29.4. The van der Waals surface area contributed by atoms with Gasteiger partial charge in [-0.25, -0.2) is 9.59 Å². The molecular formula is C30H44N6O4S. The van der Waals surface area contributed by atoms with Crippen LogP contribution in [0.2, 0.25) is 0 Å². The van der Waals surface area contributed by atoms with Crippen molar-refractivity contribution in [3.8, 4) is 0 Å². The molecule has 0 amide bonds. The van der Waals surface area contributed by atoms with Gasteiger partial charge in [0, 0.05) is 55.9 Å². The molecule has 10 nitrogen and oxygen atoms in total. The molecule has 11 heteroatoms. The van der Waals surface area contributed by atoms with Crippen LogP contribution in [0, 0.1) is 0 Å². The third-order valence-electron chi connectivity index (χ3n) is 8.20. The summed E-state index contributed by atoms with van der Waals surface area (Å²) in [5.41, 5.74) is 2.50. The van der Waals surface area contributed by atoms with E-state index < -0.39 is 18.0 Å². The van der Waals surface area contributed by atoms with Crippen LogP contribution >= 0.6 is 12.2 Å². The predicted molar refractivity (Wildman–Crippen MR) is 166 cm³/mol. The van der Waals surface area contributed by atoms with E-state index >= 15 is 0 Å². The maximum atomic E-state index is 12.8. The number of ether oxygens (including phenoxy) is 2. The monoisotopic (exact) mass is 584 g/mol. The van der Waals surface area contributed by atoms with Crippen LogP contribution in [0.4, 0.5) is 11.4 Å². The van der Waals surface area contributed by atoms with E-state index in [2.05, 4.69) is 25.4 Å². The Kier molecular flexibility index (Phi) is 11.1. The average Bonchev–Trinajstić information content (AvgIpc) is 2.99. The summed E-state index contributed by atoms with van der Waals surface area (Å²) in [7, 11) is 2.62. The number of carbonyl (C=O) groups excluding carboxylic acids is 2. The maximum absolute atomic E-state index is 12.8. The highest BCUT2D eigenvalue weighted by atomic mass is 32.1. The van der Waals surface area contributed by atoms with Gasteiger partial charge in [0.15, 0.2) is 16.9 Å². The highest BCUT2D eigenvalue weighted by Crippen LogP contribution is 2.32. The van der Waals surface area contributed by atoms with Crippen LogP contribution in [0.25, 0.3) is 0 Å². The molecule has 1 unspecified atom stereocenters. The number of carbonyl (C=O) groups is 2. The largest absolute Gasteiger partial charge is 0.467 e. The second-order valence-corrected chi connectivity index (χ2v) is 11.3.